The third-order valence-electron chi connectivity index (χ3n) is 3.97. The van der Waals surface area contributed by atoms with Crippen molar-refractivity contribution in [1.82, 2.24) is 24.1 Å². The first-order valence-corrected chi connectivity index (χ1v) is 7.53. The van der Waals surface area contributed by atoms with Gasteiger partial charge < -0.3 is 9.47 Å². The molecule has 0 fully saturated rings. The van der Waals surface area contributed by atoms with Crippen LogP contribution in [0.15, 0.2) is 30.7 Å². The molecule has 4 rings (SSSR count). The lowest BCUT2D eigenvalue weighted by molar-refractivity contribution is -0.383. The fourth-order valence-corrected chi connectivity index (χ4v) is 3.00. The smallest absolute Gasteiger partial charge is 0.296 e. The molecule has 0 aliphatic carbocycles. The molecule has 0 radical (unpaired) electrons. The minimum Gasteiger partial charge on any atom is -0.332 e. The quantitative estimate of drug-likeness (QED) is 0.520. The predicted octanol–water partition coefficient (Wildman–Crippen LogP) is 1.75. The van der Waals surface area contributed by atoms with E-state index in [-0.39, 0.29) is 27.8 Å². The minimum atomic E-state index is -0.547. The molecule has 4 heterocycles. The second-order valence-corrected chi connectivity index (χ2v) is 5.86. The summed E-state index contributed by atoms with van der Waals surface area (Å²) in [6.45, 7) is 1.56. The molecule has 0 saturated heterocycles. The Morgan fingerprint density at radius 3 is 2.96 bits per heavy atom. The molecule has 0 spiro atoms. The maximum atomic E-state index is 12.7. The monoisotopic (exact) mass is 346 g/mol. The van der Waals surface area contributed by atoms with Gasteiger partial charge in [-0.15, -0.1) is 0 Å². The third-order valence-corrected chi connectivity index (χ3v) is 4.17. The number of rotatable bonds is 2. The van der Waals surface area contributed by atoms with Gasteiger partial charge in [0.15, 0.2) is 5.69 Å². The zero-order valence-corrected chi connectivity index (χ0v) is 13.0. The van der Waals surface area contributed by atoms with Gasteiger partial charge in [0, 0.05) is 43.8 Å². The third kappa shape index (κ3) is 2.29. The van der Waals surface area contributed by atoms with E-state index in [2.05, 4.69) is 10.1 Å². The van der Waals surface area contributed by atoms with Crippen LogP contribution < -0.4 is 0 Å². The first-order chi connectivity index (χ1) is 11.5. The van der Waals surface area contributed by atoms with Crippen LogP contribution in [0.25, 0.3) is 5.52 Å². The molecule has 0 aromatic carbocycles. The number of pyridine rings is 1. The molecule has 24 heavy (non-hydrogen) atoms. The molecule has 3 aromatic heterocycles. The van der Waals surface area contributed by atoms with Crippen LogP contribution >= 0.6 is 11.6 Å². The fraction of sp³-hybridized carbons (Fsp3) is 0.214. The molecule has 1 aliphatic heterocycles. The number of carbonyl (C=O) groups excluding carboxylic acids is 1. The van der Waals surface area contributed by atoms with Crippen LogP contribution in [0.5, 0.6) is 0 Å². The van der Waals surface area contributed by atoms with E-state index in [1.807, 2.05) is 10.8 Å². The topological polar surface area (TPSA) is 98.6 Å². The van der Waals surface area contributed by atoms with Crippen LogP contribution in [-0.2, 0) is 13.1 Å². The molecule has 9 nitrogen and oxygen atoms in total. The van der Waals surface area contributed by atoms with E-state index in [0.29, 0.717) is 19.6 Å². The zero-order chi connectivity index (χ0) is 16.8. The second-order valence-electron chi connectivity index (χ2n) is 5.42. The minimum absolute atomic E-state index is 0.139. The highest BCUT2D eigenvalue weighted by atomic mass is 35.5. The summed E-state index contributed by atoms with van der Waals surface area (Å²) < 4.78 is 3.25. The molecule has 1 amide bonds. The number of imidazole rings is 1. The van der Waals surface area contributed by atoms with E-state index in [1.165, 1.54) is 22.8 Å². The van der Waals surface area contributed by atoms with Crippen molar-refractivity contribution in [3.63, 3.8) is 0 Å². The van der Waals surface area contributed by atoms with Crippen molar-refractivity contribution >= 4 is 28.7 Å². The lowest BCUT2D eigenvalue weighted by Crippen LogP contribution is -2.38. The van der Waals surface area contributed by atoms with Crippen LogP contribution in [0, 0.1) is 10.1 Å². The summed E-state index contributed by atoms with van der Waals surface area (Å²) in [5.74, 6) is 0.505. The van der Waals surface area contributed by atoms with Crippen LogP contribution in [0.2, 0.25) is 5.02 Å². The van der Waals surface area contributed by atoms with E-state index < -0.39 is 4.92 Å². The molecule has 0 atom stereocenters. The molecular weight excluding hydrogens is 336 g/mol. The number of hydrogen-bond donors (Lipinski definition) is 0. The van der Waals surface area contributed by atoms with Crippen LogP contribution in [0.1, 0.15) is 16.3 Å². The van der Waals surface area contributed by atoms with Gasteiger partial charge >= 0.3 is 0 Å². The number of hydrogen-bond acceptors (Lipinski definition) is 5. The van der Waals surface area contributed by atoms with E-state index in [4.69, 9.17) is 11.6 Å². The molecular formula is C14H11ClN6O3. The van der Waals surface area contributed by atoms with Gasteiger partial charge in [0.2, 0.25) is 0 Å². The summed E-state index contributed by atoms with van der Waals surface area (Å²) >= 11 is 5.88. The summed E-state index contributed by atoms with van der Waals surface area (Å²) in [5, 5.41) is 15.5. The number of halogens is 1. The molecule has 0 unspecified atom stereocenters. The van der Waals surface area contributed by atoms with Gasteiger partial charge in [-0.2, -0.15) is 5.10 Å². The number of fused-ring (bicyclic) bond motifs is 2. The van der Waals surface area contributed by atoms with E-state index in [9.17, 15) is 14.9 Å². The van der Waals surface area contributed by atoms with Crippen LogP contribution in [-0.4, -0.2) is 41.4 Å². The number of nitro groups is 1. The highest BCUT2D eigenvalue weighted by Crippen LogP contribution is 2.25. The molecule has 10 heteroatoms. The Morgan fingerprint density at radius 1 is 1.33 bits per heavy atom. The molecule has 1 aliphatic rings. The maximum Gasteiger partial charge on any atom is 0.296 e. The molecule has 3 aromatic rings. The average Bonchev–Trinajstić information content (AvgIpc) is 3.18. The summed E-state index contributed by atoms with van der Waals surface area (Å²) in [6.07, 6.45) is 5.00. The fourth-order valence-electron chi connectivity index (χ4n) is 2.80. The first-order valence-electron chi connectivity index (χ1n) is 7.15. The van der Waals surface area contributed by atoms with Gasteiger partial charge in [-0.05, 0) is 0 Å². The van der Waals surface area contributed by atoms with Crippen molar-refractivity contribution < 1.29 is 9.72 Å². The SMILES string of the molecule is O=C(c1cc2c([N+](=O)[O-])cc(Cl)cn2n1)N1CCn2ccnc2C1. The van der Waals surface area contributed by atoms with Gasteiger partial charge in [-0.1, -0.05) is 11.6 Å². The van der Waals surface area contributed by atoms with E-state index in [1.54, 1.807) is 11.1 Å². The highest BCUT2D eigenvalue weighted by molar-refractivity contribution is 6.30. The Kier molecular flexibility index (Phi) is 3.24. The Balaban J connectivity index is 1.71. The van der Waals surface area contributed by atoms with Gasteiger partial charge in [0.25, 0.3) is 11.6 Å². The van der Waals surface area contributed by atoms with Gasteiger partial charge in [-0.3, -0.25) is 14.9 Å². The molecule has 0 saturated carbocycles. The van der Waals surface area contributed by atoms with Crippen molar-refractivity contribution in [3.8, 4) is 0 Å². The number of carbonyl (C=O) groups is 1. The van der Waals surface area contributed by atoms with Crippen molar-refractivity contribution in [2.75, 3.05) is 6.54 Å². The number of amides is 1. The van der Waals surface area contributed by atoms with Gasteiger partial charge in [-0.25, -0.2) is 9.50 Å². The highest BCUT2D eigenvalue weighted by Gasteiger charge is 2.26. The lowest BCUT2D eigenvalue weighted by atomic mass is 10.2. The van der Waals surface area contributed by atoms with Crippen molar-refractivity contribution in [3.05, 3.63) is 57.4 Å². The van der Waals surface area contributed by atoms with Crippen LogP contribution in [0.3, 0.4) is 0 Å². The second kappa shape index (κ2) is 5.31. The Labute approximate surface area is 140 Å². The molecule has 0 bridgehead atoms. The van der Waals surface area contributed by atoms with E-state index >= 15 is 0 Å². The molecule has 122 valence electrons. The normalized spacial score (nSPS) is 14.0. The van der Waals surface area contributed by atoms with Gasteiger partial charge in [0.05, 0.1) is 16.5 Å². The van der Waals surface area contributed by atoms with Crippen LogP contribution in [0.4, 0.5) is 5.69 Å². The Hall–Kier alpha value is -2.94. The van der Waals surface area contributed by atoms with Gasteiger partial charge in [0.1, 0.15) is 11.3 Å². The summed E-state index contributed by atoms with van der Waals surface area (Å²) in [4.78, 5) is 29.1. The number of aromatic nitrogens is 4. The Bertz CT molecular complexity index is 978. The summed E-state index contributed by atoms with van der Waals surface area (Å²) in [7, 11) is 0. The average molecular weight is 347 g/mol. The lowest BCUT2D eigenvalue weighted by Gasteiger charge is -2.26. The summed E-state index contributed by atoms with van der Waals surface area (Å²) in [5.41, 5.74) is 0.176. The van der Waals surface area contributed by atoms with Crippen molar-refractivity contribution in [2.45, 2.75) is 13.1 Å². The largest absolute Gasteiger partial charge is 0.332 e. The molecule has 0 N–H and O–H groups in total. The summed E-state index contributed by atoms with van der Waals surface area (Å²) in [6, 6.07) is 2.66. The zero-order valence-electron chi connectivity index (χ0n) is 12.3. The predicted molar refractivity (Wildman–Crippen MR) is 83.8 cm³/mol. The number of nitrogens with zero attached hydrogens (tertiary/aromatic N) is 6. The Morgan fingerprint density at radius 2 is 2.17 bits per heavy atom. The first kappa shape index (κ1) is 14.6. The van der Waals surface area contributed by atoms with Crippen molar-refractivity contribution in [1.29, 1.82) is 0 Å². The van der Waals surface area contributed by atoms with Crippen molar-refractivity contribution in [2.24, 2.45) is 0 Å². The van der Waals surface area contributed by atoms with E-state index in [0.717, 1.165) is 5.82 Å². The maximum absolute atomic E-state index is 12.7. The standard InChI is InChI=1S/C14H11ClN6O3/c15-9-5-12(21(23)24)11-6-10(17-20(11)7-9)14(22)19-4-3-18-2-1-16-13(18)8-19/h1-2,5-7H,3-4,8H2.